The highest BCUT2D eigenvalue weighted by molar-refractivity contribution is 8.04. The number of anilines is 1. The summed E-state index contributed by atoms with van der Waals surface area (Å²) in [7, 11) is 0. The molecule has 1 heterocycles. The fraction of sp³-hybridized carbons (Fsp3) is 0.158. The Bertz CT molecular complexity index is 936. The summed E-state index contributed by atoms with van der Waals surface area (Å²) in [5.41, 5.74) is 1.96. The van der Waals surface area contributed by atoms with E-state index in [0.717, 1.165) is 22.2 Å². The van der Waals surface area contributed by atoms with E-state index in [1.165, 1.54) is 24.3 Å². The predicted octanol–water partition coefficient (Wildman–Crippen LogP) is 2.91. The molecule has 0 aromatic heterocycles. The maximum atomic E-state index is 13.0. The van der Waals surface area contributed by atoms with Gasteiger partial charge in [0.1, 0.15) is 0 Å². The zero-order valence-corrected chi connectivity index (χ0v) is 15.2. The van der Waals surface area contributed by atoms with Crippen molar-refractivity contribution in [2.24, 2.45) is 0 Å². The number of benzene rings is 2. The number of nitro groups is 1. The van der Waals surface area contributed by atoms with Gasteiger partial charge in [-0.15, -0.1) is 11.8 Å². The van der Waals surface area contributed by atoms with Crippen molar-refractivity contribution < 1.29 is 19.6 Å². The molecule has 0 unspecified atom stereocenters. The van der Waals surface area contributed by atoms with Crippen molar-refractivity contribution in [3.8, 4) is 0 Å². The molecular weight excluding hydrogens is 368 g/mol. The van der Waals surface area contributed by atoms with Crippen LogP contribution in [0, 0.1) is 17.0 Å². The third-order valence-corrected chi connectivity index (χ3v) is 5.09. The summed E-state index contributed by atoms with van der Waals surface area (Å²) < 4.78 is 0. The summed E-state index contributed by atoms with van der Waals surface area (Å²) in [6, 6.07) is 12.5. The number of non-ortho nitro benzene ring substituents is 1. The molecule has 27 heavy (non-hydrogen) atoms. The van der Waals surface area contributed by atoms with Crippen LogP contribution in [-0.4, -0.2) is 34.2 Å². The molecule has 0 bridgehead atoms. The highest BCUT2D eigenvalue weighted by Gasteiger charge is 2.40. The first kappa shape index (κ1) is 18.8. The van der Waals surface area contributed by atoms with Crippen molar-refractivity contribution in [1.29, 1.82) is 0 Å². The van der Waals surface area contributed by atoms with Crippen LogP contribution in [0.5, 0.6) is 0 Å². The molecule has 3 rings (SSSR count). The molecule has 0 radical (unpaired) electrons. The van der Waals surface area contributed by atoms with Gasteiger partial charge in [0, 0.05) is 17.9 Å². The summed E-state index contributed by atoms with van der Waals surface area (Å²) in [5.74, 6) is -0.694. The van der Waals surface area contributed by atoms with Crippen LogP contribution in [0.25, 0.3) is 5.57 Å². The lowest BCUT2D eigenvalue weighted by molar-refractivity contribution is -0.384. The summed E-state index contributed by atoms with van der Waals surface area (Å²) in [6.45, 7) is 1.76. The molecule has 7 nitrogen and oxygen atoms in total. The molecule has 2 aromatic rings. The van der Waals surface area contributed by atoms with Gasteiger partial charge in [-0.2, -0.15) is 0 Å². The minimum atomic E-state index is -0.528. The van der Waals surface area contributed by atoms with E-state index in [1.807, 2.05) is 6.92 Å². The molecule has 1 aliphatic heterocycles. The van der Waals surface area contributed by atoms with Gasteiger partial charge in [0.05, 0.1) is 27.7 Å². The molecule has 1 aliphatic rings. The number of nitro benzene ring substituents is 1. The summed E-state index contributed by atoms with van der Waals surface area (Å²) in [4.78, 5) is 37.6. The summed E-state index contributed by atoms with van der Waals surface area (Å²) >= 11 is 1.09. The molecule has 0 atom stereocenters. The van der Waals surface area contributed by atoms with E-state index in [0.29, 0.717) is 11.3 Å². The van der Waals surface area contributed by atoms with Gasteiger partial charge in [-0.25, -0.2) is 4.90 Å². The first-order valence-corrected chi connectivity index (χ1v) is 9.11. The minimum Gasteiger partial charge on any atom is -0.396 e. The van der Waals surface area contributed by atoms with Crippen molar-refractivity contribution in [2.75, 3.05) is 17.3 Å². The monoisotopic (exact) mass is 384 g/mol. The fourth-order valence-electron chi connectivity index (χ4n) is 2.72. The van der Waals surface area contributed by atoms with Gasteiger partial charge in [0.25, 0.3) is 17.5 Å². The quantitative estimate of drug-likeness (QED) is 0.467. The second kappa shape index (κ2) is 7.73. The Morgan fingerprint density at radius 2 is 1.67 bits per heavy atom. The number of hydrogen-bond donors (Lipinski definition) is 1. The maximum absolute atomic E-state index is 13.0. The van der Waals surface area contributed by atoms with Gasteiger partial charge in [-0.3, -0.25) is 19.7 Å². The van der Waals surface area contributed by atoms with E-state index in [1.54, 1.807) is 24.3 Å². The third kappa shape index (κ3) is 3.62. The number of imide groups is 1. The molecule has 0 saturated heterocycles. The summed E-state index contributed by atoms with van der Waals surface area (Å²) in [6.07, 6.45) is 0. The van der Waals surface area contributed by atoms with Crippen LogP contribution >= 0.6 is 11.8 Å². The van der Waals surface area contributed by atoms with Gasteiger partial charge in [-0.05, 0) is 36.8 Å². The highest BCUT2D eigenvalue weighted by Crippen LogP contribution is 2.38. The van der Waals surface area contributed by atoms with Crippen LogP contribution in [-0.2, 0) is 9.59 Å². The standard InChI is InChI=1S/C19H16N2O5S/c1-12-2-6-14(7-3-12)20-18(23)16(17(19(20)24)27-11-10-22)13-4-8-15(9-5-13)21(25)26/h2-9,22H,10-11H2,1H3. The number of amides is 2. The Kier molecular flexibility index (Phi) is 5.38. The fourth-order valence-corrected chi connectivity index (χ4v) is 3.58. The molecule has 0 spiro atoms. The Labute approximate surface area is 159 Å². The largest absolute Gasteiger partial charge is 0.396 e. The summed E-state index contributed by atoms with van der Waals surface area (Å²) in [5, 5.41) is 20.0. The van der Waals surface area contributed by atoms with Crippen molar-refractivity contribution in [3.63, 3.8) is 0 Å². The Morgan fingerprint density at radius 3 is 2.22 bits per heavy atom. The maximum Gasteiger partial charge on any atom is 0.272 e. The predicted molar refractivity (Wildman–Crippen MR) is 103 cm³/mol. The van der Waals surface area contributed by atoms with E-state index in [4.69, 9.17) is 5.11 Å². The molecule has 2 amide bonds. The molecular formula is C19H16N2O5S. The zero-order valence-electron chi connectivity index (χ0n) is 14.4. The van der Waals surface area contributed by atoms with E-state index >= 15 is 0 Å². The SMILES string of the molecule is Cc1ccc(N2C(=O)C(SCCO)=C(c3ccc([N+](=O)[O-])cc3)C2=O)cc1. The number of carbonyl (C=O) groups excluding carboxylic acids is 2. The number of nitrogens with zero attached hydrogens (tertiary/aromatic N) is 2. The number of hydrogen-bond acceptors (Lipinski definition) is 6. The first-order chi connectivity index (χ1) is 12.9. The topological polar surface area (TPSA) is 101 Å². The zero-order chi connectivity index (χ0) is 19.6. The number of aliphatic hydroxyl groups excluding tert-OH is 1. The van der Waals surface area contributed by atoms with Gasteiger partial charge in [-0.1, -0.05) is 17.7 Å². The average Bonchev–Trinajstić information content (AvgIpc) is 2.91. The Morgan fingerprint density at radius 1 is 1.04 bits per heavy atom. The number of rotatable bonds is 6. The van der Waals surface area contributed by atoms with Crippen LogP contribution in [0.4, 0.5) is 11.4 Å². The van der Waals surface area contributed by atoms with Crippen molar-refractivity contribution in [3.05, 3.63) is 74.7 Å². The van der Waals surface area contributed by atoms with Crippen molar-refractivity contribution >= 4 is 40.5 Å². The van der Waals surface area contributed by atoms with Gasteiger partial charge in [0.15, 0.2) is 0 Å². The van der Waals surface area contributed by atoms with Crippen LogP contribution in [0.3, 0.4) is 0 Å². The smallest absolute Gasteiger partial charge is 0.272 e. The van der Waals surface area contributed by atoms with Crippen molar-refractivity contribution in [2.45, 2.75) is 6.92 Å². The normalized spacial score (nSPS) is 14.2. The number of carbonyl (C=O) groups is 2. The Hall–Kier alpha value is -2.97. The van der Waals surface area contributed by atoms with Crippen LogP contribution in [0.15, 0.2) is 53.4 Å². The lowest BCUT2D eigenvalue weighted by atomic mass is 10.1. The van der Waals surface area contributed by atoms with Gasteiger partial charge in [0.2, 0.25) is 0 Å². The van der Waals surface area contributed by atoms with E-state index in [-0.39, 0.29) is 28.5 Å². The number of aliphatic hydroxyl groups is 1. The number of thioether (sulfide) groups is 1. The minimum absolute atomic E-state index is 0.101. The third-order valence-electron chi connectivity index (χ3n) is 4.04. The van der Waals surface area contributed by atoms with Crippen LogP contribution < -0.4 is 4.90 Å². The molecule has 0 saturated carbocycles. The Balaban J connectivity index is 2.05. The van der Waals surface area contributed by atoms with Crippen molar-refractivity contribution in [1.82, 2.24) is 0 Å². The average molecular weight is 384 g/mol. The van der Waals surface area contributed by atoms with Gasteiger partial charge < -0.3 is 5.11 Å². The lowest BCUT2D eigenvalue weighted by Gasteiger charge is -2.15. The molecule has 8 heteroatoms. The molecule has 0 fully saturated rings. The van der Waals surface area contributed by atoms with E-state index < -0.39 is 16.7 Å². The second-order valence-corrected chi connectivity index (χ2v) is 6.97. The van der Waals surface area contributed by atoms with E-state index in [2.05, 4.69) is 0 Å². The van der Waals surface area contributed by atoms with Crippen LogP contribution in [0.2, 0.25) is 0 Å². The van der Waals surface area contributed by atoms with E-state index in [9.17, 15) is 19.7 Å². The molecule has 2 aromatic carbocycles. The number of aryl methyl sites for hydroxylation is 1. The second-order valence-electron chi connectivity index (χ2n) is 5.86. The van der Waals surface area contributed by atoms with Gasteiger partial charge >= 0.3 is 0 Å². The highest BCUT2D eigenvalue weighted by atomic mass is 32.2. The molecule has 138 valence electrons. The molecule has 0 aliphatic carbocycles. The van der Waals surface area contributed by atoms with Crippen LogP contribution in [0.1, 0.15) is 11.1 Å². The molecule has 1 N–H and O–H groups in total. The first-order valence-electron chi connectivity index (χ1n) is 8.12. The lowest BCUT2D eigenvalue weighted by Crippen LogP contribution is -2.31.